The Morgan fingerprint density at radius 3 is 2.48 bits per heavy atom. The molecule has 1 amide bonds. The molecule has 0 unspecified atom stereocenters. The predicted molar refractivity (Wildman–Crippen MR) is 168 cm³/mol. The Balaban J connectivity index is 1.25. The van der Waals surface area contributed by atoms with Gasteiger partial charge < -0.3 is 19.3 Å². The first-order chi connectivity index (χ1) is 21.3. The van der Waals surface area contributed by atoms with Crippen LogP contribution in [-0.2, 0) is 9.53 Å². The van der Waals surface area contributed by atoms with E-state index >= 15 is 0 Å². The zero-order valence-corrected chi connectivity index (χ0v) is 25.3. The molecule has 2 saturated heterocycles. The number of amides is 1. The third-order valence-corrected chi connectivity index (χ3v) is 8.44. The first-order valence-electron chi connectivity index (χ1n) is 14.0. The molecule has 3 aromatic rings. The summed E-state index contributed by atoms with van der Waals surface area (Å²) in [6.45, 7) is 4.69. The third-order valence-electron chi connectivity index (χ3n) is 7.06. The molecule has 0 aromatic heterocycles. The van der Waals surface area contributed by atoms with Gasteiger partial charge in [-0.2, -0.15) is 0 Å². The van der Waals surface area contributed by atoms with Crippen LogP contribution in [0.15, 0.2) is 65.6 Å². The molecule has 12 heteroatoms. The van der Waals surface area contributed by atoms with Crippen molar-refractivity contribution in [2.75, 3.05) is 52.6 Å². The number of hydrogen-bond acceptors (Lipinski definition) is 8. The van der Waals surface area contributed by atoms with Crippen molar-refractivity contribution >= 4 is 46.3 Å². The van der Waals surface area contributed by atoms with Gasteiger partial charge in [-0.05, 0) is 66.6 Å². The van der Waals surface area contributed by atoms with E-state index in [2.05, 4.69) is 4.90 Å². The molecule has 3 aromatic carbocycles. The summed E-state index contributed by atoms with van der Waals surface area (Å²) in [6.07, 6.45) is 2.20. The number of halogens is 2. The fourth-order valence-electron chi connectivity index (χ4n) is 4.74. The molecule has 0 saturated carbocycles. The van der Waals surface area contributed by atoms with Gasteiger partial charge >= 0.3 is 5.97 Å². The maximum Gasteiger partial charge on any atom is 0.335 e. The number of rotatable bonds is 12. The first-order valence-corrected chi connectivity index (χ1v) is 15.2. The van der Waals surface area contributed by atoms with E-state index in [1.54, 1.807) is 36.4 Å². The van der Waals surface area contributed by atoms with Crippen LogP contribution in [0.3, 0.4) is 0 Å². The topological polar surface area (TPSA) is 88.5 Å². The van der Waals surface area contributed by atoms with E-state index in [0.717, 1.165) is 19.2 Å². The third kappa shape index (κ3) is 8.00. The fourth-order valence-corrected chi connectivity index (χ4v) is 6.05. The zero-order chi connectivity index (χ0) is 31.1. The van der Waals surface area contributed by atoms with Crippen LogP contribution in [0.2, 0.25) is 0 Å². The van der Waals surface area contributed by atoms with Gasteiger partial charge in [0, 0.05) is 43.4 Å². The Hall–Kier alpha value is -3.84. The SMILES string of the molecule is O=C(O)c1ccc(OCCCN2C(=O)C(=Cc3ccc(OCCN4CCOCC4)c(-c4ccc(F)cc4F)c3)SC2=S)cc1. The van der Waals surface area contributed by atoms with E-state index in [1.165, 1.54) is 40.9 Å². The lowest BCUT2D eigenvalue weighted by Crippen LogP contribution is -2.38. The second kappa shape index (κ2) is 14.8. The molecule has 0 atom stereocenters. The second-order valence-corrected chi connectivity index (χ2v) is 11.7. The monoisotopic (exact) mass is 640 g/mol. The van der Waals surface area contributed by atoms with Crippen LogP contribution in [0.5, 0.6) is 11.5 Å². The number of thiocarbonyl (C=S) groups is 1. The number of benzene rings is 3. The molecule has 0 radical (unpaired) electrons. The van der Waals surface area contributed by atoms with Gasteiger partial charge in [-0.3, -0.25) is 14.6 Å². The Morgan fingerprint density at radius 2 is 1.75 bits per heavy atom. The number of nitrogens with zero attached hydrogens (tertiary/aromatic N) is 2. The van der Waals surface area contributed by atoms with Crippen LogP contribution in [0, 0.1) is 11.6 Å². The Morgan fingerprint density at radius 1 is 0.977 bits per heavy atom. The van der Waals surface area contributed by atoms with Crippen molar-refractivity contribution in [2.45, 2.75) is 6.42 Å². The van der Waals surface area contributed by atoms with Crippen LogP contribution in [-0.4, -0.2) is 83.7 Å². The quantitative estimate of drug-likeness (QED) is 0.152. The van der Waals surface area contributed by atoms with Gasteiger partial charge in [0.1, 0.15) is 34.1 Å². The van der Waals surface area contributed by atoms with Crippen LogP contribution in [0.1, 0.15) is 22.3 Å². The molecule has 8 nitrogen and oxygen atoms in total. The molecule has 0 aliphatic carbocycles. The molecule has 2 aliphatic heterocycles. The van der Waals surface area contributed by atoms with Gasteiger partial charge in [-0.25, -0.2) is 13.6 Å². The molecule has 2 heterocycles. The highest BCUT2D eigenvalue weighted by Gasteiger charge is 2.31. The van der Waals surface area contributed by atoms with Crippen LogP contribution < -0.4 is 9.47 Å². The Kier molecular flexibility index (Phi) is 10.6. The summed E-state index contributed by atoms with van der Waals surface area (Å²) in [5.74, 6) is -1.67. The Bertz CT molecular complexity index is 1560. The average molecular weight is 641 g/mol. The normalized spacial score (nSPS) is 16.5. The minimum Gasteiger partial charge on any atom is -0.494 e. The lowest BCUT2D eigenvalue weighted by Gasteiger charge is -2.26. The number of hydrogen-bond donors (Lipinski definition) is 1. The molecule has 5 rings (SSSR count). The molecule has 2 aliphatic rings. The summed E-state index contributed by atoms with van der Waals surface area (Å²) in [7, 11) is 0. The number of morpholine rings is 1. The smallest absolute Gasteiger partial charge is 0.335 e. The van der Waals surface area contributed by atoms with E-state index in [-0.39, 0.29) is 17.0 Å². The number of thioether (sulfide) groups is 1. The number of aromatic carboxylic acids is 1. The molecule has 1 N–H and O–H groups in total. The standard InChI is InChI=1S/C32H30F2N2O6S2/c33-23-5-8-25(27(34)20-23)26-18-21(2-9-28(26)42-17-13-35-11-15-40-16-12-35)19-29-30(37)36(32(43)44-29)10-1-14-41-24-6-3-22(4-7-24)31(38)39/h2-9,18-20H,1,10-17H2,(H,38,39). The van der Waals surface area contributed by atoms with Gasteiger partial charge in [-0.1, -0.05) is 30.0 Å². The van der Waals surface area contributed by atoms with Crippen molar-refractivity contribution in [3.05, 3.63) is 88.3 Å². The molecule has 44 heavy (non-hydrogen) atoms. The van der Waals surface area contributed by atoms with Crippen molar-refractivity contribution in [2.24, 2.45) is 0 Å². The largest absolute Gasteiger partial charge is 0.494 e. The predicted octanol–water partition coefficient (Wildman–Crippen LogP) is 5.71. The van der Waals surface area contributed by atoms with Crippen molar-refractivity contribution < 1.29 is 37.7 Å². The van der Waals surface area contributed by atoms with E-state index < -0.39 is 17.6 Å². The minimum absolute atomic E-state index is 0.169. The Labute approximate surface area is 263 Å². The molecular weight excluding hydrogens is 610 g/mol. The molecule has 0 bridgehead atoms. The van der Waals surface area contributed by atoms with Gasteiger partial charge in [0.05, 0.1) is 30.3 Å². The van der Waals surface area contributed by atoms with Crippen molar-refractivity contribution in [1.82, 2.24) is 9.80 Å². The number of carbonyl (C=O) groups excluding carboxylic acids is 1. The second-order valence-electron chi connectivity index (χ2n) is 10.0. The molecule has 2 fully saturated rings. The van der Waals surface area contributed by atoms with Crippen molar-refractivity contribution in [3.63, 3.8) is 0 Å². The number of carboxylic acid groups (broad SMARTS) is 1. The maximum absolute atomic E-state index is 14.9. The fraction of sp³-hybridized carbons (Fsp3) is 0.281. The van der Waals surface area contributed by atoms with Crippen molar-refractivity contribution in [3.8, 4) is 22.6 Å². The van der Waals surface area contributed by atoms with E-state index in [9.17, 15) is 18.4 Å². The summed E-state index contributed by atoms with van der Waals surface area (Å²) in [6, 6.07) is 14.7. The minimum atomic E-state index is -1.01. The molecule has 0 spiro atoms. The number of carboxylic acids is 1. The lowest BCUT2D eigenvalue weighted by molar-refractivity contribution is -0.122. The van der Waals surface area contributed by atoms with E-state index in [1.807, 2.05) is 0 Å². The highest BCUT2D eigenvalue weighted by Crippen LogP contribution is 2.37. The van der Waals surface area contributed by atoms with E-state index in [4.69, 9.17) is 31.5 Å². The lowest BCUT2D eigenvalue weighted by atomic mass is 10.0. The molecular formula is C32H30F2N2O6S2. The summed E-state index contributed by atoms with van der Waals surface area (Å²) >= 11 is 6.64. The van der Waals surface area contributed by atoms with Gasteiger partial charge in [0.15, 0.2) is 0 Å². The molecule has 230 valence electrons. The summed E-state index contributed by atoms with van der Waals surface area (Å²) < 4.78 is 46.1. The number of carbonyl (C=O) groups is 2. The van der Waals surface area contributed by atoms with Crippen molar-refractivity contribution in [1.29, 1.82) is 0 Å². The zero-order valence-electron chi connectivity index (χ0n) is 23.7. The van der Waals surface area contributed by atoms with Gasteiger partial charge in [0.25, 0.3) is 5.91 Å². The maximum atomic E-state index is 14.9. The average Bonchev–Trinajstić information content (AvgIpc) is 3.28. The first kappa shape index (κ1) is 31.6. The highest BCUT2D eigenvalue weighted by molar-refractivity contribution is 8.26. The highest BCUT2D eigenvalue weighted by atomic mass is 32.2. The van der Waals surface area contributed by atoms with Gasteiger partial charge in [-0.15, -0.1) is 0 Å². The number of ether oxygens (including phenoxy) is 3. The summed E-state index contributed by atoms with van der Waals surface area (Å²) in [5, 5.41) is 9.01. The summed E-state index contributed by atoms with van der Waals surface area (Å²) in [5.41, 5.74) is 1.44. The van der Waals surface area contributed by atoms with Crippen LogP contribution in [0.25, 0.3) is 17.2 Å². The summed E-state index contributed by atoms with van der Waals surface area (Å²) in [4.78, 5) is 28.4. The van der Waals surface area contributed by atoms with Crippen LogP contribution in [0.4, 0.5) is 8.78 Å². The van der Waals surface area contributed by atoms with E-state index in [0.29, 0.717) is 77.8 Å². The van der Waals surface area contributed by atoms with Gasteiger partial charge in [0.2, 0.25) is 0 Å². The van der Waals surface area contributed by atoms with Crippen LogP contribution >= 0.6 is 24.0 Å².